The molecule has 0 heterocycles. The van der Waals surface area contributed by atoms with Crippen LogP contribution in [-0.4, -0.2) is 46.9 Å². The van der Waals surface area contributed by atoms with Gasteiger partial charge in [0, 0.05) is 16.7 Å². The van der Waals surface area contributed by atoms with Gasteiger partial charge in [-0.05, 0) is 76.1 Å². The average Bonchev–Trinajstić information content (AvgIpc) is 3.14. The first kappa shape index (κ1) is 23.7. The van der Waals surface area contributed by atoms with Gasteiger partial charge in [-0.25, -0.2) is 0 Å². The molecule has 178 valence electrons. The Hall–Kier alpha value is -1.47. The Morgan fingerprint density at radius 3 is 2.38 bits per heavy atom. The maximum Gasteiger partial charge on any atom is 0.311 e. The molecule has 0 aliphatic heterocycles. The van der Waals surface area contributed by atoms with Gasteiger partial charge in [-0.1, -0.05) is 13.0 Å². The van der Waals surface area contributed by atoms with Gasteiger partial charge in [0.25, 0.3) is 0 Å². The summed E-state index contributed by atoms with van der Waals surface area (Å²) in [6.45, 7) is 12.8. The smallest absolute Gasteiger partial charge is 0.311 e. The average molecular weight is 463 g/mol. The van der Waals surface area contributed by atoms with Crippen molar-refractivity contribution < 1.29 is 28.3 Å². The van der Waals surface area contributed by atoms with Crippen LogP contribution in [-0.2, 0) is 28.3 Å². The van der Waals surface area contributed by atoms with Gasteiger partial charge < -0.3 is 18.7 Å². The van der Waals surface area contributed by atoms with E-state index in [1.165, 1.54) is 14.2 Å². The number of carbonyl (C=O) groups is 3. The van der Waals surface area contributed by atoms with Gasteiger partial charge in [0.1, 0.15) is 6.29 Å². The molecule has 0 aromatic heterocycles. The van der Waals surface area contributed by atoms with Crippen molar-refractivity contribution in [3.63, 3.8) is 0 Å². The van der Waals surface area contributed by atoms with Crippen molar-refractivity contribution in [1.82, 2.24) is 0 Å². The predicted octanol–water partition coefficient (Wildman–Crippen LogP) is 4.15. The fourth-order valence-corrected chi connectivity index (χ4v) is 9.57. The van der Waals surface area contributed by atoms with E-state index in [0.29, 0.717) is 12.8 Å². The predicted molar refractivity (Wildman–Crippen MR) is 122 cm³/mol. The summed E-state index contributed by atoms with van der Waals surface area (Å²) in [5.41, 5.74) is -1.21. The maximum atomic E-state index is 13.6. The van der Waals surface area contributed by atoms with Gasteiger partial charge >= 0.3 is 11.9 Å². The molecule has 7 heteroatoms. The minimum Gasteiger partial charge on any atom is -0.469 e. The number of hydrogen-bond acceptors (Lipinski definition) is 6. The van der Waals surface area contributed by atoms with Crippen LogP contribution in [0.25, 0.3) is 0 Å². The summed E-state index contributed by atoms with van der Waals surface area (Å²) in [4.78, 5) is 39.9. The third-order valence-electron chi connectivity index (χ3n) is 9.33. The second-order valence-electron chi connectivity index (χ2n) is 11.8. The largest absolute Gasteiger partial charge is 0.469 e. The molecule has 32 heavy (non-hydrogen) atoms. The fourth-order valence-electron chi connectivity index (χ4n) is 8.49. The first-order valence-electron chi connectivity index (χ1n) is 11.9. The van der Waals surface area contributed by atoms with Gasteiger partial charge in [0.2, 0.25) is 0 Å². The third-order valence-corrected chi connectivity index (χ3v) is 10.3. The summed E-state index contributed by atoms with van der Waals surface area (Å²) in [6.07, 6.45) is 5.39. The number of carbonyl (C=O) groups excluding carboxylic acids is 3. The molecule has 2 bridgehead atoms. The second kappa shape index (κ2) is 7.52. The van der Waals surface area contributed by atoms with Crippen LogP contribution in [0.4, 0.5) is 0 Å². The van der Waals surface area contributed by atoms with Crippen molar-refractivity contribution in [3.05, 3.63) is 12.2 Å². The molecule has 0 N–H and O–H groups in total. The van der Waals surface area contributed by atoms with E-state index in [9.17, 15) is 14.4 Å². The van der Waals surface area contributed by atoms with Crippen LogP contribution in [0.15, 0.2) is 12.2 Å². The molecule has 4 aliphatic rings. The number of hydrogen-bond donors (Lipinski definition) is 0. The summed E-state index contributed by atoms with van der Waals surface area (Å²) in [5.74, 6) is -1.51. The highest BCUT2D eigenvalue weighted by Gasteiger charge is 2.79. The monoisotopic (exact) mass is 462 g/mol. The van der Waals surface area contributed by atoms with Crippen LogP contribution in [0.2, 0.25) is 19.6 Å². The van der Waals surface area contributed by atoms with E-state index in [0.717, 1.165) is 37.5 Å². The summed E-state index contributed by atoms with van der Waals surface area (Å²) in [6, 6.07) is 0. The quantitative estimate of drug-likeness (QED) is 0.264. The highest BCUT2D eigenvalue weighted by molar-refractivity contribution is 6.69. The molecule has 0 aromatic rings. The number of esters is 2. The van der Waals surface area contributed by atoms with Crippen LogP contribution >= 0.6 is 0 Å². The molecular weight excluding hydrogens is 424 g/mol. The summed E-state index contributed by atoms with van der Waals surface area (Å²) >= 11 is 0. The topological polar surface area (TPSA) is 78.9 Å². The fraction of sp³-hybridized carbons (Fsp3) is 0.800. The lowest BCUT2D eigenvalue weighted by atomic mass is 9.53. The molecule has 0 saturated heterocycles. The Kier molecular flexibility index (Phi) is 5.56. The van der Waals surface area contributed by atoms with E-state index in [1.54, 1.807) is 0 Å². The van der Waals surface area contributed by atoms with E-state index < -0.39 is 36.4 Å². The van der Waals surface area contributed by atoms with Crippen molar-refractivity contribution in [2.24, 2.45) is 39.9 Å². The molecule has 0 radical (unpaired) electrons. The minimum atomic E-state index is -2.00. The maximum absolute atomic E-state index is 13.6. The summed E-state index contributed by atoms with van der Waals surface area (Å²) < 4.78 is 17.5. The normalized spacial score (nSPS) is 45.1. The molecule has 0 aromatic carbocycles. The lowest BCUT2D eigenvalue weighted by Crippen LogP contribution is -2.53. The Balaban J connectivity index is 2.00. The summed E-state index contributed by atoms with van der Waals surface area (Å²) in [5, 5.41) is 0. The van der Waals surface area contributed by atoms with Gasteiger partial charge in [-0.15, -0.1) is 0 Å². The molecule has 3 unspecified atom stereocenters. The third kappa shape index (κ3) is 2.89. The van der Waals surface area contributed by atoms with E-state index in [4.69, 9.17) is 13.9 Å². The Labute approximate surface area is 192 Å². The van der Waals surface area contributed by atoms with E-state index >= 15 is 0 Å². The molecule has 4 aliphatic carbocycles. The molecule has 6 nitrogen and oxygen atoms in total. The highest BCUT2D eigenvalue weighted by atomic mass is 28.4. The van der Waals surface area contributed by atoms with Crippen LogP contribution in [0.3, 0.4) is 0 Å². The molecule has 4 rings (SSSR count). The van der Waals surface area contributed by atoms with Crippen LogP contribution in [0.5, 0.6) is 0 Å². The lowest BCUT2D eigenvalue weighted by molar-refractivity contribution is -0.171. The second-order valence-corrected chi connectivity index (χ2v) is 16.3. The highest BCUT2D eigenvalue weighted by Crippen LogP contribution is 2.77. The molecule has 0 amide bonds. The van der Waals surface area contributed by atoms with Gasteiger partial charge in [-0.3, -0.25) is 9.59 Å². The Morgan fingerprint density at radius 2 is 1.81 bits per heavy atom. The standard InChI is InChI=1S/C25H38O6Si/c1-15-16-9-10-17-24(14-26)12-8-11-23(2,22(28)30-4)19(24)18(21(27)29-3)25(17,13-16)20(15)31-32(5,6)7/h14,16-20H,1,8-13H2,2-7H3/t16-,17?,18-,19?,20-,23?,24-,25-/m1/s1. The molecule has 4 fully saturated rings. The van der Waals surface area contributed by atoms with Crippen LogP contribution in [0, 0.1) is 39.9 Å². The van der Waals surface area contributed by atoms with Crippen LogP contribution in [0.1, 0.15) is 45.4 Å². The molecule has 8 atom stereocenters. The van der Waals surface area contributed by atoms with E-state index in [2.05, 4.69) is 26.2 Å². The Morgan fingerprint density at radius 1 is 1.12 bits per heavy atom. The number of aldehydes is 1. The minimum absolute atomic E-state index is 0.0391. The number of fused-ring (bicyclic) bond motifs is 3. The van der Waals surface area contributed by atoms with Gasteiger partial charge in [-0.2, -0.15) is 0 Å². The zero-order valence-electron chi connectivity index (χ0n) is 20.4. The zero-order chi connectivity index (χ0) is 23.7. The number of rotatable bonds is 5. The zero-order valence-corrected chi connectivity index (χ0v) is 21.4. The summed E-state index contributed by atoms with van der Waals surface area (Å²) in [7, 11) is 0.796. The number of ether oxygens (including phenoxy) is 2. The Bertz CT molecular complexity index is 848. The van der Waals surface area contributed by atoms with Crippen LogP contribution < -0.4 is 0 Å². The van der Waals surface area contributed by atoms with Crippen molar-refractivity contribution in [2.45, 2.75) is 71.2 Å². The van der Waals surface area contributed by atoms with E-state index in [1.807, 2.05) is 6.92 Å². The molecule has 4 saturated carbocycles. The van der Waals surface area contributed by atoms with Crippen molar-refractivity contribution in [2.75, 3.05) is 14.2 Å². The SMILES string of the molecule is C=C1[C@@H]2CCC3[C@]4(C=O)CCCC(C)(C(=O)OC)C4[C@H](C(=O)OC)[C@]3(C2)[C@@H]1O[Si](C)(C)C. The lowest BCUT2D eigenvalue weighted by Gasteiger charge is -2.49. The first-order chi connectivity index (χ1) is 14.9. The van der Waals surface area contributed by atoms with Gasteiger partial charge in [0.15, 0.2) is 8.32 Å². The van der Waals surface area contributed by atoms with Crippen molar-refractivity contribution in [1.29, 1.82) is 0 Å². The van der Waals surface area contributed by atoms with Crippen molar-refractivity contribution >= 4 is 26.5 Å². The van der Waals surface area contributed by atoms with Gasteiger partial charge in [0.05, 0.1) is 31.7 Å². The number of methoxy groups -OCH3 is 2. The van der Waals surface area contributed by atoms with E-state index in [-0.39, 0.29) is 29.9 Å². The molecular formula is C25H38O6Si. The first-order valence-corrected chi connectivity index (χ1v) is 15.3. The van der Waals surface area contributed by atoms with Crippen molar-refractivity contribution in [3.8, 4) is 0 Å². The molecule has 1 spiro atoms.